The van der Waals surface area contributed by atoms with Gasteiger partial charge in [-0.25, -0.2) is 4.98 Å². The van der Waals surface area contributed by atoms with E-state index in [2.05, 4.69) is 10.3 Å². The highest BCUT2D eigenvalue weighted by Gasteiger charge is 2.44. The van der Waals surface area contributed by atoms with Crippen LogP contribution in [0.2, 0.25) is 5.15 Å². The van der Waals surface area contributed by atoms with Crippen molar-refractivity contribution in [2.24, 2.45) is 5.41 Å². The fourth-order valence-electron chi connectivity index (χ4n) is 1.33. The molecule has 4 heteroatoms. The quantitative estimate of drug-likeness (QED) is 0.785. The molecule has 1 heterocycles. The van der Waals surface area contributed by atoms with Crippen LogP contribution in [0.4, 0.5) is 5.69 Å². The Balaban J connectivity index is 2.16. The smallest absolute Gasteiger partial charge is 0.230 e. The number of nitrogens with zero attached hydrogens (tertiary/aromatic N) is 1. The molecule has 1 aromatic heterocycles. The largest absolute Gasteiger partial charge is 0.323 e. The minimum absolute atomic E-state index is 0.0387. The molecule has 1 amide bonds. The maximum Gasteiger partial charge on any atom is 0.230 e. The van der Waals surface area contributed by atoms with Gasteiger partial charge in [0.15, 0.2) is 5.15 Å². The lowest BCUT2D eigenvalue weighted by molar-refractivity contribution is -0.120. The average molecular weight is 225 g/mol. The predicted octanol–water partition coefficient (Wildman–Crippen LogP) is 2.78. The summed E-state index contributed by atoms with van der Waals surface area (Å²) < 4.78 is 0. The van der Waals surface area contributed by atoms with E-state index in [0.29, 0.717) is 10.8 Å². The molecule has 0 bridgehead atoms. The summed E-state index contributed by atoms with van der Waals surface area (Å²) in [6, 6.07) is 1.83. The first-order valence-corrected chi connectivity index (χ1v) is 5.33. The fourth-order valence-corrected chi connectivity index (χ4v) is 1.48. The van der Waals surface area contributed by atoms with Crippen LogP contribution in [-0.2, 0) is 4.79 Å². The van der Waals surface area contributed by atoms with Crippen molar-refractivity contribution in [1.82, 2.24) is 4.98 Å². The molecule has 1 aromatic rings. The number of hydrogen-bond acceptors (Lipinski definition) is 2. The van der Waals surface area contributed by atoms with Crippen LogP contribution in [0.5, 0.6) is 0 Å². The van der Waals surface area contributed by atoms with Crippen LogP contribution in [-0.4, -0.2) is 10.9 Å². The first-order chi connectivity index (χ1) is 7.01. The number of aromatic nitrogens is 1. The van der Waals surface area contributed by atoms with Gasteiger partial charge in [0.05, 0.1) is 5.69 Å². The average Bonchev–Trinajstić information content (AvgIpc) is 2.91. The van der Waals surface area contributed by atoms with Crippen molar-refractivity contribution >= 4 is 23.2 Å². The second-order valence-corrected chi connectivity index (χ2v) is 4.72. The lowest BCUT2D eigenvalue weighted by Gasteiger charge is -2.11. The van der Waals surface area contributed by atoms with Crippen molar-refractivity contribution in [2.75, 3.05) is 5.32 Å². The van der Waals surface area contributed by atoms with Gasteiger partial charge in [-0.15, -0.1) is 0 Å². The van der Waals surface area contributed by atoms with Crippen molar-refractivity contribution in [1.29, 1.82) is 0 Å². The maximum atomic E-state index is 11.8. The summed E-state index contributed by atoms with van der Waals surface area (Å²) in [4.78, 5) is 15.7. The van der Waals surface area contributed by atoms with Crippen molar-refractivity contribution in [2.45, 2.75) is 26.7 Å². The third-order valence-electron chi connectivity index (χ3n) is 2.77. The molecular formula is C11H13ClN2O. The molecule has 15 heavy (non-hydrogen) atoms. The van der Waals surface area contributed by atoms with Gasteiger partial charge in [0.2, 0.25) is 5.91 Å². The highest BCUT2D eigenvalue weighted by atomic mass is 35.5. The molecule has 1 saturated carbocycles. The van der Waals surface area contributed by atoms with Crippen molar-refractivity contribution in [3.05, 3.63) is 23.0 Å². The van der Waals surface area contributed by atoms with E-state index < -0.39 is 0 Å². The molecule has 1 aliphatic rings. The summed E-state index contributed by atoms with van der Waals surface area (Å²) in [5.74, 6) is 0.0387. The van der Waals surface area contributed by atoms with E-state index in [0.717, 1.165) is 18.4 Å². The van der Waals surface area contributed by atoms with Crippen LogP contribution in [0.1, 0.15) is 25.3 Å². The Hall–Kier alpha value is -1.09. The minimum Gasteiger partial charge on any atom is -0.323 e. The van der Waals surface area contributed by atoms with Gasteiger partial charge in [-0.05, 0) is 31.4 Å². The van der Waals surface area contributed by atoms with E-state index in [1.165, 1.54) is 0 Å². The third kappa shape index (κ3) is 2.12. The van der Waals surface area contributed by atoms with Gasteiger partial charge in [0.1, 0.15) is 0 Å². The lowest BCUT2D eigenvalue weighted by Crippen LogP contribution is -2.21. The van der Waals surface area contributed by atoms with Gasteiger partial charge in [-0.1, -0.05) is 18.5 Å². The lowest BCUT2D eigenvalue weighted by atomic mass is 10.1. The minimum atomic E-state index is -0.187. The van der Waals surface area contributed by atoms with Crippen molar-refractivity contribution in [3.63, 3.8) is 0 Å². The number of carbonyl (C=O) groups excluding carboxylic acids is 1. The predicted molar refractivity (Wildman–Crippen MR) is 60.0 cm³/mol. The summed E-state index contributed by atoms with van der Waals surface area (Å²) in [5.41, 5.74) is 1.40. The standard InChI is InChI=1S/C11H13ClN2O/c1-7-5-8(9(12)13-6-7)14-10(15)11(2)3-4-11/h5-6H,3-4H2,1-2H3,(H,14,15). The summed E-state index contributed by atoms with van der Waals surface area (Å²) in [5, 5.41) is 3.17. The van der Waals surface area contributed by atoms with Crippen LogP contribution < -0.4 is 5.32 Å². The zero-order chi connectivity index (χ0) is 11.1. The molecule has 0 atom stereocenters. The number of hydrogen-bond donors (Lipinski definition) is 1. The fraction of sp³-hybridized carbons (Fsp3) is 0.455. The van der Waals surface area contributed by atoms with Crippen LogP contribution in [0.3, 0.4) is 0 Å². The van der Waals surface area contributed by atoms with Gasteiger partial charge in [0.25, 0.3) is 0 Å². The summed E-state index contributed by atoms with van der Waals surface area (Å²) >= 11 is 5.88. The number of pyridine rings is 1. The monoisotopic (exact) mass is 224 g/mol. The Bertz CT molecular complexity index is 413. The number of amides is 1. The first kappa shape index (κ1) is 10.4. The van der Waals surface area contributed by atoms with E-state index in [4.69, 9.17) is 11.6 Å². The molecule has 2 rings (SSSR count). The van der Waals surface area contributed by atoms with Gasteiger partial charge in [-0.2, -0.15) is 0 Å². The van der Waals surface area contributed by atoms with E-state index in [1.54, 1.807) is 6.20 Å². The van der Waals surface area contributed by atoms with E-state index >= 15 is 0 Å². The topological polar surface area (TPSA) is 42.0 Å². The number of carbonyl (C=O) groups is 1. The molecule has 1 aliphatic carbocycles. The molecule has 3 nitrogen and oxygen atoms in total. The van der Waals surface area contributed by atoms with Gasteiger partial charge in [-0.3, -0.25) is 4.79 Å². The van der Waals surface area contributed by atoms with Crippen LogP contribution in [0, 0.1) is 12.3 Å². The molecule has 0 unspecified atom stereocenters. The Morgan fingerprint density at radius 3 is 2.87 bits per heavy atom. The highest BCUT2D eigenvalue weighted by Crippen LogP contribution is 2.45. The number of rotatable bonds is 2. The van der Waals surface area contributed by atoms with Crippen LogP contribution in [0.15, 0.2) is 12.3 Å². The first-order valence-electron chi connectivity index (χ1n) is 4.95. The number of halogens is 1. The van der Waals surface area contributed by atoms with E-state index in [9.17, 15) is 4.79 Å². The van der Waals surface area contributed by atoms with Gasteiger partial charge < -0.3 is 5.32 Å². The Morgan fingerprint density at radius 2 is 2.27 bits per heavy atom. The van der Waals surface area contributed by atoms with Crippen LogP contribution in [0.25, 0.3) is 0 Å². The second-order valence-electron chi connectivity index (χ2n) is 4.37. The third-order valence-corrected chi connectivity index (χ3v) is 3.07. The second kappa shape index (κ2) is 3.49. The zero-order valence-electron chi connectivity index (χ0n) is 8.80. The van der Waals surface area contributed by atoms with Gasteiger partial charge >= 0.3 is 0 Å². The van der Waals surface area contributed by atoms with Crippen molar-refractivity contribution in [3.8, 4) is 0 Å². The number of anilines is 1. The molecule has 0 aromatic carbocycles. The van der Waals surface area contributed by atoms with E-state index in [1.807, 2.05) is 19.9 Å². The van der Waals surface area contributed by atoms with Crippen molar-refractivity contribution < 1.29 is 4.79 Å². The Kier molecular flexibility index (Phi) is 2.43. The Labute approximate surface area is 93.8 Å². The molecule has 0 spiro atoms. The molecular weight excluding hydrogens is 212 g/mol. The number of nitrogens with one attached hydrogen (secondary N) is 1. The summed E-state index contributed by atoms with van der Waals surface area (Å²) in [6.07, 6.45) is 3.59. The molecule has 1 fully saturated rings. The Morgan fingerprint density at radius 1 is 1.60 bits per heavy atom. The van der Waals surface area contributed by atoms with Crippen LogP contribution >= 0.6 is 11.6 Å². The molecule has 0 radical (unpaired) electrons. The molecule has 1 N–H and O–H groups in total. The highest BCUT2D eigenvalue weighted by molar-refractivity contribution is 6.32. The maximum absolute atomic E-state index is 11.8. The van der Waals surface area contributed by atoms with E-state index in [-0.39, 0.29) is 11.3 Å². The SMILES string of the molecule is Cc1cnc(Cl)c(NC(=O)C2(C)CC2)c1. The molecule has 0 aliphatic heterocycles. The summed E-state index contributed by atoms with van der Waals surface area (Å²) in [7, 11) is 0. The molecule has 0 saturated heterocycles. The zero-order valence-corrected chi connectivity index (χ0v) is 9.56. The number of aryl methyl sites for hydroxylation is 1. The van der Waals surface area contributed by atoms with Gasteiger partial charge in [0, 0.05) is 11.6 Å². The summed E-state index contributed by atoms with van der Waals surface area (Å²) in [6.45, 7) is 3.87. The normalized spacial score (nSPS) is 17.3. The molecule has 80 valence electrons.